The van der Waals surface area contributed by atoms with Crippen molar-refractivity contribution in [3.63, 3.8) is 0 Å². The molecule has 3 rings (SSSR count). The van der Waals surface area contributed by atoms with Crippen LogP contribution in [0.1, 0.15) is 30.9 Å². The summed E-state index contributed by atoms with van der Waals surface area (Å²) in [6.07, 6.45) is 1.94. The predicted octanol–water partition coefficient (Wildman–Crippen LogP) is 4.08. The molecule has 0 saturated heterocycles. The first kappa shape index (κ1) is 14.6. The van der Waals surface area contributed by atoms with Crippen LogP contribution in [0.2, 0.25) is 0 Å². The van der Waals surface area contributed by atoms with Crippen LogP contribution >= 0.6 is 0 Å². The SMILES string of the molecule is COc1ccc2c(C(C)C)cc(-c3ccn(C)n3)nc2c1C. The molecule has 0 atom stereocenters. The summed E-state index contributed by atoms with van der Waals surface area (Å²) in [7, 11) is 3.61. The second kappa shape index (κ2) is 5.44. The standard InChI is InChI=1S/C18H21N3O/c1-11(2)14-10-16(15-8-9-21(4)20-15)19-18-12(3)17(22-5)7-6-13(14)18/h6-11H,1-5H3. The molecule has 0 fully saturated rings. The van der Waals surface area contributed by atoms with Gasteiger partial charge < -0.3 is 4.74 Å². The monoisotopic (exact) mass is 295 g/mol. The Balaban J connectivity index is 2.33. The first-order valence-corrected chi connectivity index (χ1v) is 7.49. The normalized spacial score (nSPS) is 11.4. The number of aryl methyl sites for hydroxylation is 2. The number of hydrogen-bond donors (Lipinski definition) is 0. The van der Waals surface area contributed by atoms with E-state index in [9.17, 15) is 0 Å². The lowest BCUT2D eigenvalue weighted by Gasteiger charge is -2.15. The van der Waals surface area contributed by atoms with Crippen molar-refractivity contribution < 1.29 is 4.74 Å². The highest BCUT2D eigenvalue weighted by molar-refractivity contribution is 5.89. The van der Waals surface area contributed by atoms with Crippen molar-refractivity contribution in [1.29, 1.82) is 0 Å². The van der Waals surface area contributed by atoms with Crippen LogP contribution in [0.5, 0.6) is 5.75 Å². The van der Waals surface area contributed by atoms with Crippen molar-refractivity contribution in [3.05, 3.63) is 41.6 Å². The fourth-order valence-electron chi connectivity index (χ4n) is 2.82. The molecule has 0 spiro atoms. The van der Waals surface area contributed by atoms with Gasteiger partial charge in [0.1, 0.15) is 11.4 Å². The molecule has 0 aliphatic rings. The smallest absolute Gasteiger partial charge is 0.123 e. The van der Waals surface area contributed by atoms with E-state index in [0.29, 0.717) is 5.92 Å². The highest BCUT2D eigenvalue weighted by Crippen LogP contribution is 2.33. The van der Waals surface area contributed by atoms with Crippen molar-refractivity contribution in [2.45, 2.75) is 26.7 Å². The molecule has 0 amide bonds. The van der Waals surface area contributed by atoms with Crippen molar-refractivity contribution in [3.8, 4) is 17.1 Å². The van der Waals surface area contributed by atoms with E-state index in [4.69, 9.17) is 9.72 Å². The third-order valence-corrected chi connectivity index (χ3v) is 4.03. The Labute approximate surface area is 130 Å². The third-order valence-electron chi connectivity index (χ3n) is 4.03. The van der Waals surface area contributed by atoms with Crippen molar-refractivity contribution in [1.82, 2.24) is 14.8 Å². The number of methoxy groups -OCH3 is 1. The van der Waals surface area contributed by atoms with E-state index in [1.54, 1.807) is 11.8 Å². The molecule has 4 heteroatoms. The number of pyridine rings is 1. The predicted molar refractivity (Wildman–Crippen MR) is 89.3 cm³/mol. The molecule has 0 unspecified atom stereocenters. The number of rotatable bonds is 3. The molecule has 0 aliphatic heterocycles. The number of fused-ring (bicyclic) bond motifs is 1. The highest BCUT2D eigenvalue weighted by atomic mass is 16.5. The maximum atomic E-state index is 5.44. The molecule has 22 heavy (non-hydrogen) atoms. The van der Waals surface area contributed by atoms with Crippen LogP contribution in [0.25, 0.3) is 22.3 Å². The number of benzene rings is 1. The van der Waals surface area contributed by atoms with Gasteiger partial charge in [0.2, 0.25) is 0 Å². The number of aromatic nitrogens is 3. The summed E-state index contributed by atoms with van der Waals surface area (Å²) in [5, 5.41) is 5.67. The molecule has 3 aromatic rings. The van der Waals surface area contributed by atoms with Crippen molar-refractivity contribution >= 4 is 10.9 Å². The Bertz CT molecular complexity index is 834. The minimum Gasteiger partial charge on any atom is -0.496 e. The maximum Gasteiger partial charge on any atom is 0.123 e. The second-order valence-corrected chi connectivity index (χ2v) is 5.92. The van der Waals surface area contributed by atoms with Crippen LogP contribution in [0.4, 0.5) is 0 Å². The quantitative estimate of drug-likeness (QED) is 0.731. The van der Waals surface area contributed by atoms with E-state index in [1.807, 2.05) is 25.4 Å². The van der Waals surface area contributed by atoms with E-state index >= 15 is 0 Å². The number of nitrogens with zero attached hydrogens (tertiary/aromatic N) is 3. The Morgan fingerprint density at radius 1 is 1.14 bits per heavy atom. The fourth-order valence-corrected chi connectivity index (χ4v) is 2.82. The molecule has 0 bridgehead atoms. The van der Waals surface area contributed by atoms with E-state index in [1.165, 1.54) is 10.9 Å². The Kier molecular flexibility index (Phi) is 3.61. The Hall–Kier alpha value is -2.36. The molecule has 0 aliphatic carbocycles. The van der Waals surface area contributed by atoms with Crippen LogP contribution < -0.4 is 4.74 Å². The van der Waals surface area contributed by atoms with E-state index in [2.05, 4.69) is 38.0 Å². The van der Waals surface area contributed by atoms with Gasteiger partial charge in [-0.2, -0.15) is 5.10 Å². The number of ether oxygens (including phenoxy) is 1. The van der Waals surface area contributed by atoms with Crippen LogP contribution in [-0.4, -0.2) is 21.9 Å². The van der Waals surface area contributed by atoms with Gasteiger partial charge in [-0.05, 0) is 42.7 Å². The molecule has 2 heterocycles. The molecule has 1 aromatic carbocycles. The summed E-state index contributed by atoms with van der Waals surface area (Å²) in [5.41, 5.74) is 5.16. The van der Waals surface area contributed by atoms with Gasteiger partial charge in [0.05, 0.1) is 18.3 Å². The van der Waals surface area contributed by atoms with E-state index in [-0.39, 0.29) is 0 Å². The fraction of sp³-hybridized carbons (Fsp3) is 0.333. The van der Waals surface area contributed by atoms with E-state index in [0.717, 1.165) is 28.2 Å². The molecule has 0 radical (unpaired) electrons. The second-order valence-electron chi connectivity index (χ2n) is 5.92. The Morgan fingerprint density at radius 3 is 2.50 bits per heavy atom. The topological polar surface area (TPSA) is 39.9 Å². The van der Waals surface area contributed by atoms with Gasteiger partial charge in [0.25, 0.3) is 0 Å². The summed E-state index contributed by atoms with van der Waals surface area (Å²) >= 11 is 0. The molecular formula is C18H21N3O. The van der Waals surface area contributed by atoms with Crippen LogP contribution in [0.15, 0.2) is 30.5 Å². The lowest BCUT2D eigenvalue weighted by molar-refractivity contribution is 0.412. The van der Waals surface area contributed by atoms with E-state index < -0.39 is 0 Å². The zero-order valence-corrected chi connectivity index (χ0v) is 13.7. The lowest BCUT2D eigenvalue weighted by atomic mass is 9.95. The summed E-state index contributed by atoms with van der Waals surface area (Å²) in [4.78, 5) is 4.85. The molecule has 114 valence electrons. The molecule has 0 N–H and O–H groups in total. The zero-order valence-electron chi connectivity index (χ0n) is 13.7. The minimum absolute atomic E-state index is 0.417. The van der Waals surface area contributed by atoms with Gasteiger partial charge in [-0.15, -0.1) is 0 Å². The molecular weight excluding hydrogens is 274 g/mol. The summed E-state index contributed by atoms with van der Waals surface area (Å²) in [6, 6.07) is 8.27. The lowest BCUT2D eigenvalue weighted by Crippen LogP contribution is -1.98. The first-order valence-electron chi connectivity index (χ1n) is 7.49. The molecule has 4 nitrogen and oxygen atoms in total. The number of hydrogen-bond acceptors (Lipinski definition) is 3. The van der Waals surface area contributed by atoms with Crippen LogP contribution in [0.3, 0.4) is 0 Å². The highest BCUT2D eigenvalue weighted by Gasteiger charge is 2.15. The average Bonchev–Trinajstić information content (AvgIpc) is 2.93. The maximum absolute atomic E-state index is 5.44. The largest absolute Gasteiger partial charge is 0.496 e. The van der Waals surface area contributed by atoms with Gasteiger partial charge in [-0.1, -0.05) is 13.8 Å². The molecule has 2 aromatic heterocycles. The molecule has 0 saturated carbocycles. The zero-order chi connectivity index (χ0) is 15.9. The van der Waals surface area contributed by atoms with Crippen LogP contribution in [-0.2, 0) is 7.05 Å². The third kappa shape index (κ3) is 2.34. The van der Waals surface area contributed by atoms with Gasteiger partial charge in [-0.25, -0.2) is 4.98 Å². The average molecular weight is 295 g/mol. The van der Waals surface area contributed by atoms with Crippen molar-refractivity contribution in [2.24, 2.45) is 7.05 Å². The first-order chi connectivity index (χ1) is 10.5. The summed E-state index contributed by atoms with van der Waals surface area (Å²) in [5.74, 6) is 1.29. The van der Waals surface area contributed by atoms with Gasteiger partial charge in [0.15, 0.2) is 0 Å². The van der Waals surface area contributed by atoms with Gasteiger partial charge in [-0.3, -0.25) is 4.68 Å². The Morgan fingerprint density at radius 2 is 1.91 bits per heavy atom. The summed E-state index contributed by atoms with van der Waals surface area (Å²) in [6.45, 7) is 6.47. The van der Waals surface area contributed by atoms with Gasteiger partial charge >= 0.3 is 0 Å². The van der Waals surface area contributed by atoms with Crippen LogP contribution in [0, 0.1) is 6.92 Å². The summed E-state index contributed by atoms with van der Waals surface area (Å²) < 4.78 is 7.24. The van der Waals surface area contributed by atoms with Gasteiger partial charge in [0, 0.05) is 24.2 Å². The van der Waals surface area contributed by atoms with Crippen molar-refractivity contribution in [2.75, 3.05) is 7.11 Å². The minimum atomic E-state index is 0.417.